The van der Waals surface area contributed by atoms with Gasteiger partial charge in [0.1, 0.15) is 5.17 Å². The van der Waals surface area contributed by atoms with Crippen molar-refractivity contribution in [3.8, 4) is 0 Å². The summed E-state index contributed by atoms with van der Waals surface area (Å²) in [6.45, 7) is 3.32. The Kier molecular flexibility index (Phi) is 3.44. The zero-order valence-electron chi connectivity index (χ0n) is 4.94. The summed E-state index contributed by atoms with van der Waals surface area (Å²) in [5, 5.41) is 0.303. The molecule has 2 nitrogen and oxygen atoms in total. The number of carbonyl (C=O) groups is 1. The summed E-state index contributed by atoms with van der Waals surface area (Å²) in [5.74, 6) is -0.169. The molecule has 0 heterocycles. The first kappa shape index (κ1) is 7.63. The van der Waals surface area contributed by atoms with Gasteiger partial charge in [0, 0.05) is 6.42 Å². The highest BCUT2D eigenvalue weighted by molar-refractivity contribution is 6.65. The monoisotopic (exact) mass is 133 g/mol. The lowest BCUT2D eigenvalue weighted by Crippen LogP contribution is -1.90. The van der Waals surface area contributed by atoms with Crippen molar-refractivity contribution in [2.24, 2.45) is 4.99 Å². The third kappa shape index (κ3) is 3.81. The molecule has 1 amide bonds. The minimum absolute atomic E-state index is 0.169. The molecule has 0 saturated carbocycles. The van der Waals surface area contributed by atoms with E-state index in [2.05, 4.69) is 4.99 Å². The number of aliphatic imine (C=N–C) groups is 1. The Balaban J connectivity index is 3.70. The molecule has 0 spiro atoms. The maximum absolute atomic E-state index is 10.4. The van der Waals surface area contributed by atoms with E-state index in [1.54, 1.807) is 13.8 Å². The number of carbonyl (C=O) groups excluding carboxylic acids is 1. The number of rotatable bonds is 1. The Hall–Kier alpha value is -0.370. The number of amides is 1. The van der Waals surface area contributed by atoms with Crippen molar-refractivity contribution in [1.82, 2.24) is 0 Å². The Bertz CT molecular complexity index is 116. The lowest BCUT2D eigenvalue weighted by Gasteiger charge is -1.83. The normalized spacial score (nSPS) is 11.6. The molecule has 46 valence electrons. The summed E-state index contributed by atoms with van der Waals surface area (Å²) in [4.78, 5) is 13.8. The molecule has 0 bridgehead atoms. The van der Waals surface area contributed by atoms with Gasteiger partial charge in [0.15, 0.2) is 0 Å². The van der Waals surface area contributed by atoms with Gasteiger partial charge in [0.25, 0.3) is 0 Å². The van der Waals surface area contributed by atoms with Crippen molar-refractivity contribution in [2.75, 3.05) is 0 Å². The van der Waals surface area contributed by atoms with Crippen LogP contribution in [0.25, 0.3) is 0 Å². The molecule has 0 unspecified atom stereocenters. The summed E-state index contributed by atoms with van der Waals surface area (Å²) >= 11 is 5.28. The van der Waals surface area contributed by atoms with Gasteiger partial charge < -0.3 is 0 Å². The SMILES string of the molecule is CCC(=O)N=C(C)Cl. The minimum Gasteiger partial charge on any atom is -0.273 e. The second kappa shape index (κ2) is 3.61. The maximum Gasteiger partial charge on any atom is 0.246 e. The Morgan fingerprint density at radius 1 is 1.75 bits per heavy atom. The number of nitrogens with zero attached hydrogens (tertiary/aromatic N) is 1. The van der Waals surface area contributed by atoms with Crippen LogP contribution >= 0.6 is 11.6 Å². The van der Waals surface area contributed by atoms with E-state index in [4.69, 9.17) is 11.6 Å². The lowest BCUT2D eigenvalue weighted by molar-refractivity contribution is -0.117. The molecule has 0 aromatic heterocycles. The summed E-state index contributed by atoms with van der Waals surface area (Å²) < 4.78 is 0. The first-order valence-corrected chi connectivity index (χ1v) is 2.78. The summed E-state index contributed by atoms with van der Waals surface area (Å²) in [6, 6.07) is 0. The van der Waals surface area contributed by atoms with E-state index in [1.165, 1.54) is 0 Å². The van der Waals surface area contributed by atoms with E-state index in [0.29, 0.717) is 11.6 Å². The van der Waals surface area contributed by atoms with Crippen LogP contribution in [0.15, 0.2) is 4.99 Å². The van der Waals surface area contributed by atoms with Crippen molar-refractivity contribution in [2.45, 2.75) is 20.3 Å². The maximum atomic E-state index is 10.4. The van der Waals surface area contributed by atoms with Crippen molar-refractivity contribution in [3.05, 3.63) is 0 Å². The smallest absolute Gasteiger partial charge is 0.246 e. The van der Waals surface area contributed by atoms with Gasteiger partial charge in [-0.15, -0.1) is 0 Å². The molecule has 0 aliphatic rings. The zero-order valence-corrected chi connectivity index (χ0v) is 5.70. The van der Waals surface area contributed by atoms with Gasteiger partial charge in [-0.05, 0) is 6.92 Å². The van der Waals surface area contributed by atoms with E-state index in [1.807, 2.05) is 0 Å². The highest BCUT2D eigenvalue weighted by atomic mass is 35.5. The van der Waals surface area contributed by atoms with Crippen LogP contribution in [0.2, 0.25) is 0 Å². The first-order valence-electron chi connectivity index (χ1n) is 2.40. The third-order valence-corrected chi connectivity index (χ3v) is 0.666. The fourth-order valence-electron chi connectivity index (χ4n) is 0.251. The second-order valence-corrected chi connectivity index (χ2v) is 1.90. The minimum atomic E-state index is -0.169. The molecular formula is C5H8ClNO. The van der Waals surface area contributed by atoms with Crippen LogP contribution in [0.4, 0.5) is 0 Å². The molecule has 0 aromatic carbocycles. The molecule has 3 heteroatoms. The standard InChI is InChI=1S/C5H8ClNO/c1-3-5(8)7-4(2)6/h3H2,1-2H3. The van der Waals surface area contributed by atoms with Crippen LogP contribution in [0.1, 0.15) is 20.3 Å². The number of hydrogen-bond acceptors (Lipinski definition) is 1. The average molecular weight is 134 g/mol. The van der Waals surface area contributed by atoms with Crippen LogP contribution in [0.3, 0.4) is 0 Å². The molecule has 0 N–H and O–H groups in total. The fourth-order valence-corrected chi connectivity index (χ4v) is 0.345. The van der Waals surface area contributed by atoms with Gasteiger partial charge in [-0.2, -0.15) is 0 Å². The van der Waals surface area contributed by atoms with E-state index in [-0.39, 0.29) is 5.91 Å². The molecular weight excluding hydrogens is 126 g/mol. The molecule has 0 saturated heterocycles. The van der Waals surface area contributed by atoms with Gasteiger partial charge in [-0.1, -0.05) is 18.5 Å². The molecule has 8 heavy (non-hydrogen) atoms. The quantitative estimate of drug-likeness (QED) is 0.500. The van der Waals surface area contributed by atoms with E-state index in [9.17, 15) is 4.79 Å². The highest BCUT2D eigenvalue weighted by Gasteiger charge is 1.90. The predicted octanol–water partition coefficient (Wildman–Crippen LogP) is 1.58. The van der Waals surface area contributed by atoms with Crippen LogP contribution in [-0.4, -0.2) is 11.1 Å². The van der Waals surface area contributed by atoms with Gasteiger partial charge in [0.05, 0.1) is 0 Å². The number of hydrogen-bond donors (Lipinski definition) is 0. The predicted molar refractivity (Wildman–Crippen MR) is 34.3 cm³/mol. The zero-order chi connectivity index (χ0) is 6.57. The fraction of sp³-hybridized carbons (Fsp3) is 0.600. The van der Waals surface area contributed by atoms with Gasteiger partial charge >= 0.3 is 0 Å². The van der Waals surface area contributed by atoms with E-state index >= 15 is 0 Å². The molecule has 0 aromatic rings. The van der Waals surface area contributed by atoms with E-state index in [0.717, 1.165) is 0 Å². The molecule has 0 atom stereocenters. The van der Waals surface area contributed by atoms with E-state index < -0.39 is 0 Å². The second-order valence-electron chi connectivity index (χ2n) is 1.36. The van der Waals surface area contributed by atoms with Gasteiger partial charge in [-0.3, -0.25) is 4.79 Å². The van der Waals surface area contributed by atoms with Crippen molar-refractivity contribution >= 4 is 22.7 Å². The first-order chi connectivity index (χ1) is 3.66. The third-order valence-electron chi connectivity index (χ3n) is 0.581. The van der Waals surface area contributed by atoms with Crippen molar-refractivity contribution in [1.29, 1.82) is 0 Å². The Morgan fingerprint density at radius 3 is 2.38 bits per heavy atom. The summed E-state index contributed by atoms with van der Waals surface area (Å²) in [5.41, 5.74) is 0. The van der Waals surface area contributed by atoms with Crippen molar-refractivity contribution < 1.29 is 4.79 Å². The molecule has 0 rings (SSSR count). The largest absolute Gasteiger partial charge is 0.273 e. The molecule has 0 aliphatic carbocycles. The number of halogens is 1. The van der Waals surface area contributed by atoms with Crippen LogP contribution < -0.4 is 0 Å². The average Bonchev–Trinajstić information content (AvgIpc) is 1.65. The molecule has 0 fully saturated rings. The van der Waals surface area contributed by atoms with Crippen LogP contribution in [0, 0.1) is 0 Å². The van der Waals surface area contributed by atoms with Crippen molar-refractivity contribution in [3.63, 3.8) is 0 Å². The van der Waals surface area contributed by atoms with Crippen LogP contribution in [-0.2, 0) is 4.79 Å². The Morgan fingerprint density at radius 2 is 2.25 bits per heavy atom. The lowest BCUT2D eigenvalue weighted by atomic mass is 10.5. The van der Waals surface area contributed by atoms with Gasteiger partial charge in [-0.25, -0.2) is 4.99 Å². The molecule has 0 radical (unpaired) electrons. The Labute approximate surface area is 53.6 Å². The highest BCUT2D eigenvalue weighted by Crippen LogP contribution is 1.87. The molecule has 0 aliphatic heterocycles. The van der Waals surface area contributed by atoms with Gasteiger partial charge in [0.2, 0.25) is 5.91 Å². The summed E-state index contributed by atoms with van der Waals surface area (Å²) in [6.07, 6.45) is 0.421. The summed E-state index contributed by atoms with van der Waals surface area (Å²) in [7, 11) is 0. The van der Waals surface area contributed by atoms with Crippen LogP contribution in [0.5, 0.6) is 0 Å². The topological polar surface area (TPSA) is 29.4 Å².